The van der Waals surface area contributed by atoms with E-state index in [-0.39, 0.29) is 12.5 Å². The highest BCUT2D eigenvalue weighted by Crippen LogP contribution is 2.34. The molecule has 0 aliphatic heterocycles. The fourth-order valence-electron chi connectivity index (χ4n) is 2.88. The van der Waals surface area contributed by atoms with Crippen molar-refractivity contribution in [3.8, 4) is 11.5 Å². The van der Waals surface area contributed by atoms with Crippen LogP contribution in [-0.4, -0.2) is 25.3 Å². The lowest BCUT2D eigenvalue weighted by Gasteiger charge is -2.15. The van der Waals surface area contributed by atoms with Crippen molar-refractivity contribution in [1.29, 1.82) is 0 Å². The zero-order valence-electron chi connectivity index (χ0n) is 18.4. The second-order valence-corrected chi connectivity index (χ2v) is 9.23. The number of halogens is 3. The average Bonchev–Trinajstić information content (AvgIpc) is 2.77. The van der Waals surface area contributed by atoms with Crippen molar-refractivity contribution in [2.75, 3.05) is 18.5 Å². The molecular weight excluding hydrogens is 574 g/mol. The number of aryl methyl sites for hydroxylation is 2. The highest BCUT2D eigenvalue weighted by molar-refractivity contribution is 14.1. The molecule has 0 aliphatic rings. The van der Waals surface area contributed by atoms with E-state index in [1.807, 2.05) is 57.2 Å². The predicted octanol–water partition coefficient (Wildman–Crippen LogP) is 7.38. The van der Waals surface area contributed by atoms with Gasteiger partial charge >= 0.3 is 0 Å². The molecule has 8 heteroatoms. The van der Waals surface area contributed by atoms with Crippen molar-refractivity contribution in [3.05, 3.63) is 78.8 Å². The van der Waals surface area contributed by atoms with E-state index in [4.69, 9.17) is 32.7 Å². The van der Waals surface area contributed by atoms with Crippen molar-refractivity contribution >= 4 is 69.3 Å². The van der Waals surface area contributed by atoms with Crippen LogP contribution in [0.2, 0.25) is 10.0 Å². The summed E-state index contributed by atoms with van der Waals surface area (Å²) in [5, 5.41) is 4.05. The first kappa shape index (κ1) is 25.3. The number of nitrogens with zero attached hydrogens (tertiary/aromatic N) is 1. The first-order valence-electron chi connectivity index (χ1n) is 10.2. The van der Waals surface area contributed by atoms with Gasteiger partial charge in [-0.15, -0.1) is 0 Å². The molecule has 0 saturated heterocycles. The number of carbonyl (C=O) groups excluding carboxylic acids is 1. The largest absolute Gasteiger partial charge is 0.490 e. The van der Waals surface area contributed by atoms with Crippen LogP contribution < -0.4 is 14.8 Å². The SMILES string of the molecule is CCOc1cc(C=Nc2ccc(C)c(Cl)c2)cc(I)c1OCC(=O)Nc1ccc(C)c(Cl)c1. The lowest BCUT2D eigenvalue weighted by Crippen LogP contribution is -2.20. The molecular formula is C25H23Cl2IN2O3. The van der Waals surface area contributed by atoms with Crippen LogP contribution in [-0.2, 0) is 4.79 Å². The Bertz CT molecular complexity index is 1200. The van der Waals surface area contributed by atoms with Crippen LogP contribution in [0, 0.1) is 17.4 Å². The highest BCUT2D eigenvalue weighted by atomic mass is 127. The monoisotopic (exact) mass is 596 g/mol. The molecule has 1 amide bonds. The molecule has 172 valence electrons. The number of amides is 1. The molecule has 3 aromatic rings. The van der Waals surface area contributed by atoms with Gasteiger partial charge in [0.2, 0.25) is 0 Å². The molecule has 0 bridgehead atoms. The Morgan fingerprint density at radius 1 is 1.03 bits per heavy atom. The van der Waals surface area contributed by atoms with Crippen LogP contribution in [0.4, 0.5) is 11.4 Å². The molecule has 0 unspecified atom stereocenters. The molecule has 0 atom stereocenters. The van der Waals surface area contributed by atoms with Crippen LogP contribution >= 0.6 is 45.8 Å². The van der Waals surface area contributed by atoms with Crippen molar-refractivity contribution in [1.82, 2.24) is 0 Å². The standard InChI is InChI=1S/C25H23Cl2IN2O3/c1-4-32-23-10-17(13-29-18-7-5-15(2)20(26)11-18)9-22(28)25(23)33-14-24(31)30-19-8-6-16(3)21(27)12-19/h5-13H,4,14H2,1-3H3,(H,30,31). The van der Waals surface area contributed by atoms with Gasteiger partial charge in [-0.2, -0.15) is 0 Å². The summed E-state index contributed by atoms with van der Waals surface area (Å²) >= 11 is 14.5. The van der Waals surface area contributed by atoms with E-state index >= 15 is 0 Å². The summed E-state index contributed by atoms with van der Waals surface area (Å²) in [4.78, 5) is 16.9. The fraction of sp³-hybridized carbons (Fsp3) is 0.200. The number of rotatable bonds is 8. The molecule has 0 saturated carbocycles. The normalized spacial score (nSPS) is 11.0. The third kappa shape index (κ3) is 7.09. The Morgan fingerprint density at radius 2 is 1.73 bits per heavy atom. The highest BCUT2D eigenvalue weighted by Gasteiger charge is 2.14. The zero-order valence-corrected chi connectivity index (χ0v) is 22.1. The number of ether oxygens (including phenoxy) is 2. The average molecular weight is 597 g/mol. The van der Waals surface area contributed by atoms with Gasteiger partial charge in [-0.25, -0.2) is 0 Å². The van der Waals surface area contributed by atoms with E-state index in [1.165, 1.54) is 0 Å². The van der Waals surface area contributed by atoms with Crippen molar-refractivity contribution in [2.24, 2.45) is 4.99 Å². The lowest BCUT2D eigenvalue weighted by atomic mass is 10.2. The van der Waals surface area contributed by atoms with E-state index in [0.717, 1.165) is 25.9 Å². The van der Waals surface area contributed by atoms with Crippen molar-refractivity contribution in [3.63, 3.8) is 0 Å². The van der Waals surface area contributed by atoms with Crippen LogP contribution in [0.25, 0.3) is 0 Å². The first-order chi connectivity index (χ1) is 15.8. The number of benzene rings is 3. The van der Waals surface area contributed by atoms with E-state index in [0.29, 0.717) is 33.8 Å². The molecule has 1 N–H and O–H groups in total. The van der Waals surface area contributed by atoms with E-state index in [2.05, 4.69) is 32.9 Å². The van der Waals surface area contributed by atoms with Gasteiger partial charge in [0.25, 0.3) is 5.91 Å². The predicted molar refractivity (Wildman–Crippen MR) is 144 cm³/mol. The smallest absolute Gasteiger partial charge is 0.262 e. The quantitative estimate of drug-likeness (QED) is 0.218. The van der Waals surface area contributed by atoms with Crippen molar-refractivity contribution in [2.45, 2.75) is 20.8 Å². The molecule has 0 heterocycles. The Balaban J connectivity index is 1.73. The first-order valence-corrected chi connectivity index (χ1v) is 12.1. The van der Waals surface area contributed by atoms with E-state index in [1.54, 1.807) is 18.3 Å². The fourth-order valence-corrected chi connectivity index (χ4v) is 4.02. The van der Waals surface area contributed by atoms with Crippen LogP contribution in [0.5, 0.6) is 11.5 Å². The summed E-state index contributed by atoms with van der Waals surface area (Å²) in [7, 11) is 0. The number of hydrogen-bond acceptors (Lipinski definition) is 4. The second kappa shape index (κ2) is 11.7. The lowest BCUT2D eigenvalue weighted by molar-refractivity contribution is -0.118. The molecule has 0 spiro atoms. The minimum absolute atomic E-state index is 0.170. The summed E-state index contributed by atoms with van der Waals surface area (Å²) in [5.74, 6) is 0.749. The topological polar surface area (TPSA) is 59.9 Å². The second-order valence-electron chi connectivity index (χ2n) is 7.26. The number of aliphatic imine (C=N–C) groups is 1. The Labute approximate surface area is 217 Å². The Kier molecular flexibility index (Phi) is 9.00. The molecule has 0 fully saturated rings. The van der Waals surface area contributed by atoms with Gasteiger partial charge in [0.1, 0.15) is 0 Å². The molecule has 5 nitrogen and oxygen atoms in total. The van der Waals surface area contributed by atoms with E-state index < -0.39 is 0 Å². The summed E-state index contributed by atoms with van der Waals surface area (Å²) in [6.45, 7) is 6.02. The van der Waals surface area contributed by atoms with Crippen molar-refractivity contribution < 1.29 is 14.3 Å². The summed E-state index contributed by atoms with van der Waals surface area (Å²) in [6, 6.07) is 14.7. The van der Waals surface area contributed by atoms with Gasteiger partial charge in [0, 0.05) is 21.9 Å². The van der Waals surface area contributed by atoms with Gasteiger partial charge in [-0.1, -0.05) is 35.3 Å². The molecule has 0 aromatic heterocycles. The third-order valence-corrected chi connectivity index (χ3v) is 6.27. The molecule has 0 aliphatic carbocycles. The maximum atomic E-state index is 12.4. The number of carbonyl (C=O) groups is 1. The number of anilines is 1. The maximum Gasteiger partial charge on any atom is 0.262 e. The Morgan fingerprint density at radius 3 is 2.39 bits per heavy atom. The molecule has 3 aromatic carbocycles. The minimum Gasteiger partial charge on any atom is -0.490 e. The van der Waals surface area contributed by atoms with Gasteiger partial charge in [0.05, 0.1) is 15.9 Å². The molecule has 33 heavy (non-hydrogen) atoms. The van der Waals surface area contributed by atoms with Gasteiger partial charge in [0.15, 0.2) is 18.1 Å². The maximum absolute atomic E-state index is 12.4. The molecule has 0 radical (unpaired) electrons. The summed E-state index contributed by atoms with van der Waals surface area (Å²) in [6.07, 6.45) is 1.74. The number of nitrogens with one attached hydrogen (secondary N) is 1. The van der Waals surface area contributed by atoms with Gasteiger partial charge < -0.3 is 14.8 Å². The summed E-state index contributed by atoms with van der Waals surface area (Å²) < 4.78 is 12.4. The van der Waals surface area contributed by atoms with Gasteiger partial charge in [-0.3, -0.25) is 9.79 Å². The Hall–Kier alpha value is -2.29. The van der Waals surface area contributed by atoms with Crippen LogP contribution in [0.15, 0.2) is 53.5 Å². The number of hydrogen-bond donors (Lipinski definition) is 1. The summed E-state index contributed by atoms with van der Waals surface area (Å²) in [5.41, 5.74) is 4.15. The van der Waals surface area contributed by atoms with E-state index in [9.17, 15) is 4.79 Å². The third-order valence-electron chi connectivity index (χ3n) is 4.65. The zero-order chi connectivity index (χ0) is 24.0. The van der Waals surface area contributed by atoms with Crippen LogP contribution in [0.1, 0.15) is 23.6 Å². The molecule has 3 rings (SSSR count). The van der Waals surface area contributed by atoms with Crippen LogP contribution in [0.3, 0.4) is 0 Å². The van der Waals surface area contributed by atoms with Gasteiger partial charge in [-0.05, 0) is 96.5 Å². The minimum atomic E-state index is -0.296.